The number of ether oxygens (including phenoxy) is 1. The van der Waals surface area contributed by atoms with E-state index in [0.717, 1.165) is 18.9 Å². The monoisotopic (exact) mass is 325 g/mol. The lowest BCUT2D eigenvalue weighted by molar-refractivity contribution is -0.0217. The van der Waals surface area contributed by atoms with Gasteiger partial charge in [-0.15, -0.1) is 10.2 Å². The van der Waals surface area contributed by atoms with Crippen molar-refractivity contribution >= 4 is 17.8 Å². The third-order valence-electron chi connectivity index (χ3n) is 4.13. The van der Waals surface area contributed by atoms with Gasteiger partial charge in [-0.3, -0.25) is 0 Å². The van der Waals surface area contributed by atoms with Crippen LogP contribution in [0.2, 0.25) is 0 Å². The lowest BCUT2D eigenvalue weighted by Crippen LogP contribution is -2.48. The quantitative estimate of drug-likeness (QED) is 0.903. The van der Waals surface area contributed by atoms with E-state index >= 15 is 0 Å². The van der Waals surface area contributed by atoms with Crippen LogP contribution in [0.4, 0.5) is 4.79 Å². The molecule has 1 aromatic heterocycles. The number of urea groups is 1. The maximum absolute atomic E-state index is 12.3. The van der Waals surface area contributed by atoms with Crippen LogP contribution < -0.4 is 5.32 Å². The first-order valence-electron chi connectivity index (χ1n) is 7.91. The minimum absolute atomic E-state index is 0.00311. The fraction of sp³-hybridized carbons (Fsp3) is 0.786. The summed E-state index contributed by atoms with van der Waals surface area (Å²) in [5.74, 6) is 2.01. The normalized spacial score (nSPS) is 25.4. The minimum Gasteiger partial charge on any atom is -0.366 e. The van der Waals surface area contributed by atoms with Crippen molar-refractivity contribution in [3.63, 3.8) is 0 Å². The van der Waals surface area contributed by atoms with E-state index in [4.69, 9.17) is 4.74 Å². The van der Waals surface area contributed by atoms with Crippen molar-refractivity contribution in [2.24, 2.45) is 0 Å². The first kappa shape index (κ1) is 15.6. The highest BCUT2D eigenvalue weighted by atomic mass is 32.2. The van der Waals surface area contributed by atoms with Crippen LogP contribution in [0.25, 0.3) is 0 Å². The van der Waals surface area contributed by atoms with Gasteiger partial charge >= 0.3 is 6.03 Å². The number of hydrogen-bond acceptors (Lipinski definition) is 5. The van der Waals surface area contributed by atoms with Crippen molar-refractivity contribution in [2.75, 3.05) is 32.0 Å². The van der Waals surface area contributed by atoms with Crippen molar-refractivity contribution in [3.8, 4) is 0 Å². The van der Waals surface area contributed by atoms with Gasteiger partial charge in [-0.25, -0.2) is 4.79 Å². The van der Waals surface area contributed by atoms with E-state index in [-0.39, 0.29) is 12.1 Å². The maximum atomic E-state index is 12.3. The van der Waals surface area contributed by atoms with Crippen molar-refractivity contribution in [3.05, 3.63) is 12.2 Å². The van der Waals surface area contributed by atoms with Gasteiger partial charge in [0.25, 0.3) is 0 Å². The molecule has 2 amide bonds. The molecule has 2 fully saturated rings. The number of amides is 2. The summed E-state index contributed by atoms with van der Waals surface area (Å²) in [7, 11) is 0. The van der Waals surface area contributed by atoms with E-state index in [2.05, 4.69) is 15.5 Å². The van der Waals surface area contributed by atoms with E-state index in [1.807, 2.05) is 28.2 Å². The summed E-state index contributed by atoms with van der Waals surface area (Å²) in [4.78, 5) is 14.2. The van der Waals surface area contributed by atoms with Gasteiger partial charge in [0.05, 0.1) is 13.2 Å². The van der Waals surface area contributed by atoms with Crippen molar-refractivity contribution in [2.45, 2.75) is 37.7 Å². The van der Waals surface area contributed by atoms with Gasteiger partial charge in [0, 0.05) is 24.9 Å². The number of nitrogens with zero attached hydrogens (tertiary/aromatic N) is 4. The Bertz CT molecular complexity index is 503. The van der Waals surface area contributed by atoms with Crippen LogP contribution in [-0.4, -0.2) is 62.9 Å². The van der Waals surface area contributed by atoms with E-state index in [1.165, 1.54) is 18.6 Å². The average molecular weight is 325 g/mol. The molecule has 0 aliphatic carbocycles. The zero-order valence-corrected chi connectivity index (χ0v) is 13.7. The zero-order chi connectivity index (χ0) is 15.4. The molecule has 1 aromatic rings. The predicted molar refractivity (Wildman–Crippen MR) is 84.8 cm³/mol. The molecule has 3 heterocycles. The van der Waals surface area contributed by atoms with Gasteiger partial charge < -0.3 is 19.5 Å². The summed E-state index contributed by atoms with van der Waals surface area (Å²) in [6.45, 7) is 5.29. The summed E-state index contributed by atoms with van der Waals surface area (Å²) in [6.07, 6.45) is 3.98. The molecular weight excluding hydrogens is 302 g/mol. The summed E-state index contributed by atoms with van der Waals surface area (Å²) in [6, 6.07) is 0.00311. The second kappa shape index (κ2) is 7.32. The van der Waals surface area contributed by atoms with Crippen LogP contribution >= 0.6 is 11.8 Å². The third kappa shape index (κ3) is 3.55. The van der Waals surface area contributed by atoms with Crippen LogP contribution in [0.15, 0.2) is 6.33 Å². The van der Waals surface area contributed by atoms with Gasteiger partial charge in [-0.05, 0) is 25.5 Å². The Hall–Kier alpha value is -1.28. The second-order valence-corrected chi connectivity index (χ2v) is 7.01. The summed E-state index contributed by atoms with van der Waals surface area (Å²) < 4.78 is 7.73. The Balaban J connectivity index is 1.54. The number of aryl methyl sites for hydroxylation is 1. The van der Waals surface area contributed by atoms with Crippen LogP contribution in [0, 0.1) is 0 Å². The lowest BCUT2D eigenvalue weighted by Gasteiger charge is -2.32. The second-order valence-electron chi connectivity index (χ2n) is 5.60. The Kier molecular flexibility index (Phi) is 5.20. The topological polar surface area (TPSA) is 72.3 Å². The van der Waals surface area contributed by atoms with Crippen LogP contribution in [0.5, 0.6) is 0 Å². The molecule has 3 rings (SSSR count). The van der Waals surface area contributed by atoms with E-state index in [9.17, 15) is 4.79 Å². The number of thioether (sulfide) groups is 1. The molecule has 1 N–H and O–H groups in total. The first-order valence-corrected chi connectivity index (χ1v) is 8.96. The molecule has 8 heteroatoms. The molecule has 122 valence electrons. The SMILES string of the molecule is CCn1cnnc1[C@@H]1CN(C(=O)NC[C@H]2CCCS2)CCO1. The number of nitrogens with one attached hydrogen (secondary N) is 1. The smallest absolute Gasteiger partial charge is 0.317 e. The Labute approximate surface area is 134 Å². The fourth-order valence-electron chi connectivity index (χ4n) is 2.87. The molecule has 0 aromatic carbocycles. The highest BCUT2D eigenvalue weighted by Crippen LogP contribution is 2.25. The molecule has 0 spiro atoms. The van der Waals surface area contributed by atoms with E-state index in [1.54, 1.807) is 6.33 Å². The molecule has 7 nitrogen and oxygen atoms in total. The highest BCUT2D eigenvalue weighted by Gasteiger charge is 2.29. The molecule has 2 atom stereocenters. The standard InChI is InChI=1S/C14H23N5O2S/c1-2-18-10-16-17-13(18)12-9-19(5-6-21-12)14(20)15-8-11-4-3-7-22-11/h10-12H,2-9H2,1H3,(H,15,20)/t11-,12+/m1/s1. The molecule has 2 aliphatic heterocycles. The predicted octanol–water partition coefficient (Wildman–Crippen LogP) is 1.28. The largest absolute Gasteiger partial charge is 0.366 e. The van der Waals surface area contributed by atoms with Crippen LogP contribution in [0.3, 0.4) is 0 Å². The number of carbonyl (C=O) groups is 1. The Morgan fingerprint density at radius 2 is 2.50 bits per heavy atom. The summed E-state index contributed by atoms with van der Waals surface area (Å²) >= 11 is 1.95. The van der Waals surface area contributed by atoms with Gasteiger partial charge in [0.15, 0.2) is 5.82 Å². The number of aromatic nitrogens is 3. The Morgan fingerprint density at radius 3 is 3.27 bits per heavy atom. The molecule has 22 heavy (non-hydrogen) atoms. The lowest BCUT2D eigenvalue weighted by atomic mass is 10.2. The molecular formula is C14H23N5O2S. The zero-order valence-electron chi connectivity index (χ0n) is 12.9. The molecule has 0 bridgehead atoms. The Morgan fingerprint density at radius 1 is 1.59 bits per heavy atom. The molecule has 2 saturated heterocycles. The fourth-order valence-corrected chi connectivity index (χ4v) is 4.07. The minimum atomic E-state index is -0.192. The maximum Gasteiger partial charge on any atom is 0.317 e. The summed E-state index contributed by atoms with van der Waals surface area (Å²) in [5, 5.41) is 11.7. The third-order valence-corrected chi connectivity index (χ3v) is 5.53. The number of carbonyl (C=O) groups excluding carboxylic acids is 1. The van der Waals surface area contributed by atoms with Gasteiger partial charge in [-0.1, -0.05) is 0 Å². The van der Waals surface area contributed by atoms with Crippen molar-refractivity contribution in [1.29, 1.82) is 0 Å². The number of rotatable bonds is 4. The highest BCUT2D eigenvalue weighted by molar-refractivity contribution is 8.00. The first-order chi connectivity index (χ1) is 10.8. The average Bonchev–Trinajstić information content (AvgIpc) is 3.23. The van der Waals surface area contributed by atoms with Crippen LogP contribution in [0.1, 0.15) is 31.7 Å². The van der Waals surface area contributed by atoms with Gasteiger partial charge in [0.2, 0.25) is 0 Å². The van der Waals surface area contributed by atoms with E-state index in [0.29, 0.717) is 24.9 Å². The molecule has 0 saturated carbocycles. The van der Waals surface area contributed by atoms with E-state index < -0.39 is 0 Å². The van der Waals surface area contributed by atoms with Gasteiger partial charge in [0.1, 0.15) is 12.4 Å². The molecule has 2 aliphatic rings. The van der Waals surface area contributed by atoms with Crippen LogP contribution in [-0.2, 0) is 11.3 Å². The number of morpholine rings is 1. The van der Waals surface area contributed by atoms with Crippen molar-refractivity contribution in [1.82, 2.24) is 25.0 Å². The molecule has 0 unspecified atom stereocenters. The van der Waals surface area contributed by atoms with Crippen molar-refractivity contribution < 1.29 is 9.53 Å². The summed E-state index contributed by atoms with van der Waals surface area (Å²) in [5.41, 5.74) is 0. The number of hydrogen-bond donors (Lipinski definition) is 1. The molecule has 0 radical (unpaired) electrons. The van der Waals surface area contributed by atoms with Gasteiger partial charge in [-0.2, -0.15) is 11.8 Å².